The fraction of sp³-hybridized carbons (Fsp3) is 0.192. The molecule has 11 heteroatoms. The maximum Gasteiger partial charge on any atom is 0.334 e. The first-order valence-corrected chi connectivity index (χ1v) is 13.5. The summed E-state index contributed by atoms with van der Waals surface area (Å²) in [5, 5.41) is 8.90. The van der Waals surface area contributed by atoms with Crippen molar-refractivity contribution < 1.29 is 27.5 Å². The van der Waals surface area contributed by atoms with Gasteiger partial charge in [-0.15, -0.1) is 15.0 Å². The number of aryl methyl sites for hydroxylation is 1. The highest BCUT2D eigenvalue weighted by Crippen LogP contribution is 2.29. The van der Waals surface area contributed by atoms with Crippen LogP contribution in [0.3, 0.4) is 0 Å². The van der Waals surface area contributed by atoms with Crippen LogP contribution in [0.4, 0.5) is 0 Å². The van der Waals surface area contributed by atoms with E-state index in [0.717, 1.165) is 16.7 Å². The molecule has 0 unspecified atom stereocenters. The molecule has 0 radical (unpaired) electrons. The zero-order valence-electron chi connectivity index (χ0n) is 20.0. The number of imide groups is 1. The summed E-state index contributed by atoms with van der Waals surface area (Å²) in [4.78, 5) is 41.8. The first-order valence-electron chi connectivity index (χ1n) is 11.4. The lowest BCUT2D eigenvalue weighted by atomic mass is 10.1. The standard InChI is InChI=1S/C26H22N4O6S/c1-16-11-12-23(22(15-16)30-27-19-9-5-6-10-20(19)28-30)36-26(33)21(13-14-37(2,34)35)29-24(31)17-7-3-4-8-18(17)25(29)32/h3-12,15,21H,13-14H2,1-2H3/t21-/m1/s1. The third-order valence-corrected chi connectivity index (χ3v) is 6.98. The van der Waals surface area contributed by atoms with Crippen molar-refractivity contribution in [2.24, 2.45) is 0 Å². The molecule has 1 aromatic heterocycles. The highest BCUT2D eigenvalue weighted by atomic mass is 32.2. The van der Waals surface area contributed by atoms with Gasteiger partial charge in [0, 0.05) is 6.26 Å². The minimum absolute atomic E-state index is 0.0943. The predicted octanol–water partition coefficient (Wildman–Crippen LogP) is 2.73. The molecule has 0 aliphatic carbocycles. The highest BCUT2D eigenvalue weighted by molar-refractivity contribution is 7.90. The van der Waals surface area contributed by atoms with Crippen molar-refractivity contribution in [3.8, 4) is 11.4 Å². The number of carbonyl (C=O) groups is 3. The molecule has 3 aromatic carbocycles. The number of aromatic nitrogens is 3. The van der Waals surface area contributed by atoms with Crippen LogP contribution >= 0.6 is 0 Å². The van der Waals surface area contributed by atoms with Gasteiger partial charge in [-0.2, -0.15) is 0 Å². The van der Waals surface area contributed by atoms with Crippen LogP contribution in [-0.2, 0) is 14.6 Å². The summed E-state index contributed by atoms with van der Waals surface area (Å²) in [6.07, 6.45) is 0.706. The van der Waals surface area contributed by atoms with E-state index in [0.29, 0.717) is 16.7 Å². The molecule has 188 valence electrons. The minimum Gasteiger partial charge on any atom is -0.423 e. The number of hydrogen-bond donors (Lipinski definition) is 0. The molecule has 0 saturated carbocycles. The Morgan fingerprint density at radius 1 is 0.919 bits per heavy atom. The monoisotopic (exact) mass is 518 g/mol. The van der Waals surface area contributed by atoms with Crippen LogP contribution < -0.4 is 4.74 Å². The molecule has 0 bridgehead atoms. The van der Waals surface area contributed by atoms with Crippen LogP contribution in [0.25, 0.3) is 16.7 Å². The van der Waals surface area contributed by atoms with Crippen molar-refractivity contribution in [3.05, 3.63) is 83.4 Å². The number of ether oxygens (including phenoxy) is 1. The molecule has 10 nitrogen and oxygen atoms in total. The summed E-state index contributed by atoms with van der Waals surface area (Å²) in [5.41, 5.74) is 2.79. The number of carbonyl (C=O) groups excluding carboxylic acids is 3. The lowest BCUT2D eigenvalue weighted by molar-refractivity contribution is -0.138. The van der Waals surface area contributed by atoms with Gasteiger partial charge < -0.3 is 4.74 Å². The maximum absolute atomic E-state index is 13.5. The SMILES string of the molecule is Cc1ccc(OC(=O)[C@@H](CCS(C)(=O)=O)N2C(=O)c3ccccc3C2=O)c(-n2nc3ccccc3n2)c1. The van der Waals surface area contributed by atoms with E-state index in [1.165, 1.54) is 16.9 Å². The van der Waals surface area contributed by atoms with Gasteiger partial charge in [0.05, 0.1) is 16.9 Å². The van der Waals surface area contributed by atoms with Gasteiger partial charge in [0.25, 0.3) is 11.8 Å². The van der Waals surface area contributed by atoms with Gasteiger partial charge >= 0.3 is 5.97 Å². The normalized spacial score (nSPS) is 14.2. The summed E-state index contributed by atoms with van der Waals surface area (Å²) < 4.78 is 29.5. The zero-order valence-corrected chi connectivity index (χ0v) is 20.8. The molecule has 2 heterocycles. The number of esters is 1. The second-order valence-electron chi connectivity index (χ2n) is 8.83. The lowest BCUT2D eigenvalue weighted by Gasteiger charge is -2.24. The van der Waals surface area contributed by atoms with Crippen molar-refractivity contribution in [3.63, 3.8) is 0 Å². The van der Waals surface area contributed by atoms with E-state index in [1.807, 2.05) is 19.1 Å². The molecule has 5 rings (SSSR count). The molecule has 0 saturated heterocycles. The fourth-order valence-corrected chi connectivity index (χ4v) is 4.83. The molecule has 37 heavy (non-hydrogen) atoms. The van der Waals surface area contributed by atoms with Crippen molar-refractivity contribution in [1.29, 1.82) is 0 Å². The van der Waals surface area contributed by atoms with Crippen molar-refractivity contribution >= 4 is 38.7 Å². The van der Waals surface area contributed by atoms with Crippen LogP contribution in [0.1, 0.15) is 32.7 Å². The first kappa shape index (κ1) is 24.3. The summed E-state index contributed by atoms with van der Waals surface area (Å²) in [6.45, 7) is 1.85. The number of sulfone groups is 1. The molecule has 1 aliphatic rings. The third-order valence-electron chi connectivity index (χ3n) is 6.00. The Kier molecular flexibility index (Phi) is 6.08. The molecule has 0 spiro atoms. The van der Waals surface area contributed by atoms with Gasteiger partial charge in [-0.25, -0.2) is 13.2 Å². The van der Waals surface area contributed by atoms with Crippen LogP contribution in [0.5, 0.6) is 5.75 Å². The molecule has 2 amide bonds. The number of amides is 2. The van der Waals surface area contributed by atoms with Crippen molar-refractivity contribution in [1.82, 2.24) is 19.9 Å². The van der Waals surface area contributed by atoms with Gasteiger partial charge in [-0.3, -0.25) is 14.5 Å². The molecule has 0 fully saturated rings. The smallest absolute Gasteiger partial charge is 0.334 e. The van der Waals surface area contributed by atoms with Gasteiger partial charge in [0.1, 0.15) is 32.6 Å². The zero-order chi connectivity index (χ0) is 26.3. The Morgan fingerprint density at radius 3 is 2.05 bits per heavy atom. The van der Waals surface area contributed by atoms with Gasteiger partial charge in [0.15, 0.2) is 5.75 Å². The van der Waals surface area contributed by atoms with E-state index in [1.54, 1.807) is 42.5 Å². The molecular weight excluding hydrogens is 496 g/mol. The molecular formula is C26H22N4O6S. The topological polar surface area (TPSA) is 129 Å². The lowest BCUT2D eigenvalue weighted by Crippen LogP contribution is -2.47. The summed E-state index contributed by atoms with van der Waals surface area (Å²) in [6, 6.07) is 17.0. The number of nitrogens with zero attached hydrogens (tertiary/aromatic N) is 4. The largest absolute Gasteiger partial charge is 0.423 e. The minimum atomic E-state index is -3.51. The Hall–Kier alpha value is -4.38. The molecule has 1 atom stereocenters. The Balaban J connectivity index is 1.51. The van der Waals surface area contributed by atoms with E-state index in [4.69, 9.17) is 4.74 Å². The van der Waals surface area contributed by atoms with Gasteiger partial charge in [0.2, 0.25) is 0 Å². The third kappa shape index (κ3) is 4.73. The van der Waals surface area contributed by atoms with E-state index in [9.17, 15) is 22.8 Å². The average molecular weight is 519 g/mol. The Bertz CT molecular complexity index is 1610. The van der Waals surface area contributed by atoms with Gasteiger partial charge in [-0.1, -0.05) is 30.3 Å². The van der Waals surface area contributed by atoms with Crippen LogP contribution in [-0.4, -0.2) is 64.1 Å². The second-order valence-corrected chi connectivity index (χ2v) is 11.1. The van der Waals surface area contributed by atoms with Crippen LogP contribution in [0.2, 0.25) is 0 Å². The van der Waals surface area contributed by atoms with E-state index >= 15 is 0 Å². The molecule has 1 aliphatic heterocycles. The van der Waals surface area contributed by atoms with Crippen LogP contribution in [0, 0.1) is 6.92 Å². The summed E-state index contributed by atoms with van der Waals surface area (Å²) >= 11 is 0. The Morgan fingerprint density at radius 2 is 1.49 bits per heavy atom. The number of benzene rings is 3. The quantitative estimate of drug-likeness (QED) is 0.208. The molecule has 0 N–H and O–H groups in total. The first-order chi connectivity index (χ1) is 17.6. The second kappa shape index (κ2) is 9.25. The predicted molar refractivity (Wildman–Crippen MR) is 134 cm³/mol. The van der Waals surface area contributed by atoms with Crippen LogP contribution in [0.15, 0.2) is 66.7 Å². The maximum atomic E-state index is 13.5. The summed E-state index contributed by atoms with van der Waals surface area (Å²) in [5.74, 6) is -2.63. The van der Waals surface area contributed by atoms with E-state index in [2.05, 4.69) is 10.2 Å². The Labute approximate surface area is 212 Å². The highest BCUT2D eigenvalue weighted by Gasteiger charge is 2.43. The van der Waals surface area contributed by atoms with Gasteiger partial charge in [-0.05, 0) is 55.3 Å². The van der Waals surface area contributed by atoms with Crippen molar-refractivity contribution in [2.45, 2.75) is 19.4 Å². The number of rotatable bonds is 7. The fourth-order valence-electron chi connectivity index (χ4n) is 4.18. The van der Waals surface area contributed by atoms with E-state index in [-0.39, 0.29) is 23.3 Å². The summed E-state index contributed by atoms with van der Waals surface area (Å²) in [7, 11) is -3.51. The average Bonchev–Trinajstić information content (AvgIpc) is 3.40. The van der Waals surface area contributed by atoms with E-state index < -0.39 is 39.4 Å². The van der Waals surface area contributed by atoms with Crippen molar-refractivity contribution in [2.75, 3.05) is 12.0 Å². The number of hydrogen-bond acceptors (Lipinski definition) is 8. The molecule has 4 aromatic rings. The number of fused-ring (bicyclic) bond motifs is 2.